The van der Waals surface area contributed by atoms with Gasteiger partial charge in [0.1, 0.15) is 24.7 Å². The first-order valence-corrected chi connectivity index (χ1v) is 15.1. The van der Waals surface area contributed by atoms with Crippen LogP contribution >= 0.6 is 0 Å². The average Bonchev–Trinajstić information content (AvgIpc) is 2.86. The Morgan fingerprint density at radius 1 is 0.972 bits per heavy atom. The molecule has 0 saturated carbocycles. The summed E-state index contributed by atoms with van der Waals surface area (Å²) in [5, 5.41) is 2.64. The Kier molecular flexibility index (Phi) is 9.57. The summed E-state index contributed by atoms with van der Waals surface area (Å²) < 4.78 is 63.8. The minimum Gasteiger partial charge on any atom is -0.492 e. The van der Waals surface area contributed by atoms with Crippen LogP contribution in [-0.4, -0.2) is 72.7 Å². The van der Waals surface area contributed by atoms with E-state index in [2.05, 4.69) is 5.32 Å². The number of hydrogen-bond donors (Lipinski definition) is 1. The molecular formula is C24H33N3O7S2. The molecule has 3 rings (SSSR count). The van der Waals surface area contributed by atoms with E-state index in [4.69, 9.17) is 9.47 Å². The fourth-order valence-corrected chi connectivity index (χ4v) is 6.21. The van der Waals surface area contributed by atoms with E-state index in [1.54, 1.807) is 43.3 Å². The Morgan fingerprint density at radius 2 is 1.64 bits per heavy atom. The summed E-state index contributed by atoms with van der Waals surface area (Å²) in [6, 6.07) is 12.8. The molecule has 0 unspecified atom stereocenters. The zero-order chi connectivity index (χ0) is 26.2. The van der Waals surface area contributed by atoms with Gasteiger partial charge in [-0.1, -0.05) is 18.6 Å². The number of sulfonamides is 2. The zero-order valence-electron chi connectivity index (χ0n) is 20.6. The van der Waals surface area contributed by atoms with Gasteiger partial charge < -0.3 is 14.8 Å². The zero-order valence-corrected chi connectivity index (χ0v) is 22.2. The Labute approximate surface area is 213 Å². The fourth-order valence-electron chi connectivity index (χ4n) is 3.83. The molecule has 2 aromatic rings. The quantitative estimate of drug-likeness (QED) is 0.411. The number of piperidine rings is 1. The highest BCUT2D eigenvalue weighted by atomic mass is 32.2. The molecule has 0 spiro atoms. The third kappa shape index (κ3) is 7.34. The van der Waals surface area contributed by atoms with Gasteiger partial charge in [0, 0.05) is 13.1 Å². The van der Waals surface area contributed by atoms with Crippen molar-refractivity contribution in [2.75, 3.05) is 50.0 Å². The van der Waals surface area contributed by atoms with E-state index in [0.29, 0.717) is 31.2 Å². The standard InChI is InChI=1S/C24H33N3O7S2/c1-3-33-23-10-6-5-9-22(23)27(35(2,29)30)19-24(28)25-15-18-34-20-11-13-21(14-12-20)36(31,32)26-16-7-4-8-17-26/h5-6,9-14H,3-4,7-8,15-19H2,1-2H3,(H,25,28). The largest absolute Gasteiger partial charge is 0.492 e. The van der Waals surface area contributed by atoms with Crippen molar-refractivity contribution in [1.29, 1.82) is 0 Å². The number of carbonyl (C=O) groups is 1. The van der Waals surface area contributed by atoms with Crippen molar-refractivity contribution in [3.05, 3.63) is 48.5 Å². The molecule has 1 aliphatic rings. The van der Waals surface area contributed by atoms with Crippen molar-refractivity contribution in [1.82, 2.24) is 9.62 Å². The predicted octanol–water partition coefficient (Wildman–Crippen LogP) is 2.22. The number of benzene rings is 2. The molecule has 1 aliphatic heterocycles. The Morgan fingerprint density at radius 3 is 2.28 bits per heavy atom. The molecule has 198 valence electrons. The molecule has 0 atom stereocenters. The van der Waals surface area contributed by atoms with Gasteiger partial charge in [0.2, 0.25) is 26.0 Å². The molecule has 1 amide bonds. The Balaban J connectivity index is 1.52. The second-order valence-corrected chi connectivity index (χ2v) is 12.1. The Bertz CT molecular complexity index is 1230. The van der Waals surface area contributed by atoms with Crippen LogP contribution in [0.25, 0.3) is 0 Å². The van der Waals surface area contributed by atoms with E-state index < -0.39 is 32.5 Å². The maximum absolute atomic E-state index is 12.7. The lowest BCUT2D eigenvalue weighted by Gasteiger charge is -2.25. The van der Waals surface area contributed by atoms with Crippen LogP contribution in [0.3, 0.4) is 0 Å². The van der Waals surface area contributed by atoms with Crippen LogP contribution in [0.1, 0.15) is 26.2 Å². The molecule has 1 saturated heterocycles. The van der Waals surface area contributed by atoms with Gasteiger partial charge in [-0.25, -0.2) is 16.8 Å². The molecule has 1 N–H and O–H groups in total. The lowest BCUT2D eigenvalue weighted by molar-refractivity contribution is -0.119. The summed E-state index contributed by atoms with van der Waals surface area (Å²) in [7, 11) is -7.25. The highest BCUT2D eigenvalue weighted by Gasteiger charge is 2.26. The van der Waals surface area contributed by atoms with Crippen LogP contribution in [0.2, 0.25) is 0 Å². The second kappa shape index (κ2) is 12.4. The van der Waals surface area contributed by atoms with Crippen molar-refractivity contribution in [2.24, 2.45) is 0 Å². The van der Waals surface area contributed by atoms with Crippen molar-refractivity contribution in [3.8, 4) is 11.5 Å². The second-order valence-electron chi connectivity index (χ2n) is 8.30. The lowest BCUT2D eigenvalue weighted by Crippen LogP contribution is -2.41. The number of nitrogens with zero attached hydrogens (tertiary/aromatic N) is 2. The number of amides is 1. The minimum absolute atomic E-state index is 0.123. The van der Waals surface area contributed by atoms with Gasteiger partial charge in [0.25, 0.3) is 0 Å². The summed E-state index contributed by atoms with van der Waals surface area (Å²) in [6.07, 6.45) is 3.81. The summed E-state index contributed by atoms with van der Waals surface area (Å²) in [6.45, 7) is 3.06. The molecule has 12 heteroatoms. The lowest BCUT2D eigenvalue weighted by atomic mass is 10.2. The normalized spacial score (nSPS) is 14.7. The van der Waals surface area contributed by atoms with Crippen molar-refractivity contribution >= 4 is 31.6 Å². The first-order valence-electron chi connectivity index (χ1n) is 11.8. The monoisotopic (exact) mass is 539 g/mol. The highest BCUT2D eigenvalue weighted by Crippen LogP contribution is 2.29. The number of para-hydroxylation sites is 2. The summed E-state index contributed by atoms with van der Waals surface area (Å²) in [5.74, 6) is 0.329. The molecule has 1 heterocycles. The predicted molar refractivity (Wildman–Crippen MR) is 137 cm³/mol. The molecule has 2 aromatic carbocycles. The van der Waals surface area contributed by atoms with Crippen LogP contribution in [0.5, 0.6) is 11.5 Å². The molecule has 0 aromatic heterocycles. The third-order valence-corrected chi connectivity index (χ3v) is 8.63. The number of ether oxygens (including phenoxy) is 2. The first kappa shape index (κ1) is 27.8. The highest BCUT2D eigenvalue weighted by molar-refractivity contribution is 7.92. The van der Waals surface area contributed by atoms with Crippen LogP contribution in [-0.2, 0) is 24.8 Å². The molecular weight excluding hydrogens is 506 g/mol. The summed E-state index contributed by atoms with van der Waals surface area (Å²) in [5.41, 5.74) is 0.285. The van der Waals surface area contributed by atoms with Crippen LogP contribution in [0, 0.1) is 0 Å². The topological polar surface area (TPSA) is 122 Å². The summed E-state index contributed by atoms with van der Waals surface area (Å²) >= 11 is 0. The Hall–Kier alpha value is -2.83. The SMILES string of the molecule is CCOc1ccccc1N(CC(=O)NCCOc1ccc(S(=O)(=O)N2CCCCC2)cc1)S(C)(=O)=O. The van der Waals surface area contributed by atoms with E-state index in [1.165, 1.54) is 16.4 Å². The summed E-state index contributed by atoms with van der Waals surface area (Å²) in [4.78, 5) is 12.7. The number of nitrogens with one attached hydrogen (secondary N) is 1. The molecule has 36 heavy (non-hydrogen) atoms. The molecule has 0 aliphatic carbocycles. The number of hydrogen-bond acceptors (Lipinski definition) is 7. The van der Waals surface area contributed by atoms with Gasteiger partial charge in [0.15, 0.2) is 0 Å². The molecule has 1 fully saturated rings. The fraction of sp³-hybridized carbons (Fsp3) is 0.458. The molecule has 0 radical (unpaired) electrons. The van der Waals surface area contributed by atoms with Gasteiger partial charge in [-0.2, -0.15) is 4.31 Å². The van der Waals surface area contributed by atoms with E-state index in [9.17, 15) is 21.6 Å². The number of carbonyl (C=O) groups excluding carboxylic acids is 1. The first-order chi connectivity index (χ1) is 17.1. The molecule has 0 bridgehead atoms. The van der Waals surface area contributed by atoms with Crippen molar-refractivity contribution in [2.45, 2.75) is 31.1 Å². The van der Waals surface area contributed by atoms with Crippen LogP contribution in [0.4, 0.5) is 5.69 Å². The third-order valence-electron chi connectivity index (χ3n) is 5.59. The van der Waals surface area contributed by atoms with Gasteiger partial charge in [-0.15, -0.1) is 0 Å². The smallest absolute Gasteiger partial charge is 0.243 e. The van der Waals surface area contributed by atoms with Crippen LogP contribution < -0.4 is 19.1 Å². The van der Waals surface area contributed by atoms with Gasteiger partial charge in [0.05, 0.1) is 30.0 Å². The van der Waals surface area contributed by atoms with E-state index in [1.807, 2.05) is 0 Å². The maximum Gasteiger partial charge on any atom is 0.243 e. The average molecular weight is 540 g/mol. The number of anilines is 1. The minimum atomic E-state index is -3.74. The van der Waals surface area contributed by atoms with E-state index >= 15 is 0 Å². The van der Waals surface area contributed by atoms with Gasteiger partial charge >= 0.3 is 0 Å². The van der Waals surface area contributed by atoms with E-state index in [-0.39, 0.29) is 23.7 Å². The van der Waals surface area contributed by atoms with Gasteiger partial charge in [-0.3, -0.25) is 9.10 Å². The maximum atomic E-state index is 12.7. The number of rotatable bonds is 12. The van der Waals surface area contributed by atoms with Crippen LogP contribution in [0.15, 0.2) is 53.4 Å². The van der Waals surface area contributed by atoms with E-state index in [0.717, 1.165) is 29.8 Å². The van der Waals surface area contributed by atoms with Crippen molar-refractivity contribution < 1.29 is 31.1 Å². The van der Waals surface area contributed by atoms with Gasteiger partial charge in [-0.05, 0) is 56.2 Å². The van der Waals surface area contributed by atoms with Crippen molar-refractivity contribution in [3.63, 3.8) is 0 Å². The molecule has 10 nitrogen and oxygen atoms in total.